The molecule has 2 N–H and O–H groups in total. The van der Waals surface area contributed by atoms with Gasteiger partial charge >= 0.3 is 0 Å². The fourth-order valence-electron chi connectivity index (χ4n) is 3.50. The van der Waals surface area contributed by atoms with Crippen molar-refractivity contribution in [1.29, 1.82) is 0 Å². The van der Waals surface area contributed by atoms with Crippen LogP contribution in [-0.2, 0) is 0 Å². The van der Waals surface area contributed by atoms with E-state index >= 15 is 0 Å². The highest BCUT2D eigenvalue weighted by molar-refractivity contribution is 6.12. The van der Waals surface area contributed by atoms with E-state index in [0.717, 1.165) is 22.5 Å². The van der Waals surface area contributed by atoms with Crippen LogP contribution < -0.4 is 9.47 Å². The third kappa shape index (κ3) is 4.14. The van der Waals surface area contributed by atoms with Crippen LogP contribution in [0.1, 0.15) is 27.4 Å². The molecule has 0 amide bonds. The first kappa shape index (κ1) is 20.2. The number of hydrogen-bond donors (Lipinski definition) is 2. The Morgan fingerprint density at radius 1 is 0.645 bits per heavy atom. The van der Waals surface area contributed by atoms with Crippen LogP contribution in [0.25, 0.3) is 22.5 Å². The molecule has 2 aromatic heterocycles. The molecule has 0 aliphatic rings. The van der Waals surface area contributed by atoms with E-state index in [1.54, 1.807) is 26.4 Å². The number of carbonyl (C=O) groups excluding carboxylic acids is 2. The van der Waals surface area contributed by atoms with E-state index in [1.807, 2.05) is 60.7 Å². The molecule has 6 nitrogen and oxygen atoms in total. The molecule has 156 valence electrons. The maximum atomic E-state index is 12.7. The number of benzene rings is 2. The lowest BCUT2D eigenvalue weighted by atomic mass is 10.1. The number of Topliss-reactive ketones (excluding diaryl/α,β-unsaturated/α-hetero) is 2. The Morgan fingerprint density at radius 2 is 1.06 bits per heavy atom. The molecule has 4 aromatic rings. The van der Waals surface area contributed by atoms with Crippen molar-refractivity contribution in [3.63, 3.8) is 0 Å². The van der Waals surface area contributed by atoms with E-state index in [-0.39, 0.29) is 18.0 Å². The third-order valence-corrected chi connectivity index (χ3v) is 5.09. The number of para-hydroxylation sites is 2. The van der Waals surface area contributed by atoms with E-state index < -0.39 is 0 Å². The summed E-state index contributed by atoms with van der Waals surface area (Å²) >= 11 is 0. The van der Waals surface area contributed by atoms with Crippen molar-refractivity contribution in [2.75, 3.05) is 14.2 Å². The van der Waals surface area contributed by atoms with Crippen LogP contribution in [-0.4, -0.2) is 35.8 Å². The highest BCUT2D eigenvalue weighted by Gasteiger charge is 2.18. The zero-order valence-electron chi connectivity index (χ0n) is 17.3. The van der Waals surface area contributed by atoms with Crippen LogP contribution >= 0.6 is 0 Å². The lowest BCUT2D eigenvalue weighted by molar-refractivity contribution is 0.0889. The standard InChI is InChI=1S/C25H22N2O4/c1-30-24-9-5-3-7-16(24)18-11-13-20(26-18)22(28)15-23(29)21-14-12-19(27-21)17-8-4-6-10-25(17)31-2/h3-14,26-27H,15H2,1-2H3. The van der Waals surface area contributed by atoms with Crippen molar-refractivity contribution in [2.24, 2.45) is 0 Å². The molecular weight excluding hydrogens is 392 g/mol. The summed E-state index contributed by atoms with van der Waals surface area (Å²) in [5.74, 6) is 0.851. The van der Waals surface area contributed by atoms with E-state index in [0.29, 0.717) is 22.9 Å². The summed E-state index contributed by atoms with van der Waals surface area (Å²) in [5, 5.41) is 0. The Labute approximate surface area is 179 Å². The van der Waals surface area contributed by atoms with Crippen LogP contribution in [0.15, 0.2) is 72.8 Å². The van der Waals surface area contributed by atoms with Gasteiger partial charge in [-0.3, -0.25) is 9.59 Å². The van der Waals surface area contributed by atoms with E-state index in [1.165, 1.54) is 0 Å². The number of methoxy groups -OCH3 is 2. The van der Waals surface area contributed by atoms with Gasteiger partial charge in [0, 0.05) is 22.5 Å². The van der Waals surface area contributed by atoms with Gasteiger partial charge in [-0.25, -0.2) is 0 Å². The molecule has 0 atom stereocenters. The smallest absolute Gasteiger partial charge is 0.186 e. The number of rotatable bonds is 8. The van der Waals surface area contributed by atoms with Crippen LogP contribution in [0.2, 0.25) is 0 Å². The first-order valence-electron chi connectivity index (χ1n) is 9.82. The van der Waals surface area contributed by atoms with E-state index in [9.17, 15) is 9.59 Å². The normalized spacial score (nSPS) is 10.6. The second-order valence-corrected chi connectivity index (χ2v) is 7.00. The van der Waals surface area contributed by atoms with Crippen LogP contribution in [0.3, 0.4) is 0 Å². The van der Waals surface area contributed by atoms with Gasteiger partial charge in [-0.05, 0) is 48.5 Å². The van der Waals surface area contributed by atoms with Crippen molar-refractivity contribution >= 4 is 11.6 Å². The molecule has 4 rings (SSSR count). The summed E-state index contributed by atoms with van der Waals surface area (Å²) in [5.41, 5.74) is 3.97. The maximum Gasteiger partial charge on any atom is 0.186 e. The summed E-state index contributed by atoms with van der Waals surface area (Å²) in [6.45, 7) is 0. The molecule has 31 heavy (non-hydrogen) atoms. The minimum absolute atomic E-state index is 0.238. The zero-order valence-corrected chi connectivity index (χ0v) is 17.3. The average Bonchev–Trinajstić information content (AvgIpc) is 3.49. The number of ketones is 2. The summed E-state index contributed by atoms with van der Waals surface area (Å²) in [6, 6.07) is 22.1. The van der Waals surface area contributed by atoms with Gasteiger partial charge < -0.3 is 19.4 Å². The Bertz CT molecular complexity index is 1140. The van der Waals surface area contributed by atoms with Crippen LogP contribution in [0.5, 0.6) is 11.5 Å². The molecule has 0 fully saturated rings. The highest BCUT2D eigenvalue weighted by Crippen LogP contribution is 2.30. The fraction of sp³-hybridized carbons (Fsp3) is 0.120. The van der Waals surface area contributed by atoms with Crippen molar-refractivity contribution < 1.29 is 19.1 Å². The number of carbonyl (C=O) groups is 2. The molecular formula is C25H22N2O4. The van der Waals surface area contributed by atoms with Crippen molar-refractivity contribution in [3.8, 4) is 34.0 Å². The lowest BCUT2D eigenvalue weighted by Crippen LogP contribution is -2.09. The average molecular weight is 414 g/mol. The van der Waals surface area contributed by atoms with Gasteiger partial charge in [0.2, 0.25) is 0 Å². The van der Waals surface area contributed by atoms with Gasteiger partial charge in [-0.2, -0.15) is 0 Å². The molecule has 0 saturated carbocycles. The predicted octanol–water partition coefficient (Wildman–Crippen LogP) is 5.15. The van der Waals surface area contributed by atoms with Gasteiger partial charge in [0.15, 0.2) is 11.6 Å². The summed E-state index contributed by atoms with van der Waals surface area (Å²) in [6.07, 6.45) is -0.238. The molecule has 6 heteroatoms. The van der Waals surface area contributed by atoms with Crippen LogP contribution in [0.4, 0.5) is 0 Å². The Hall–Kier alpha value is -4.06. The molecule has 0 saturated heterocycles. The largest absolute Gasteiger partial charge is 0.496 e. The minimum Gasteiger partial charge on any atom is -0.496 e. The Morgan fingerprint density at radius 3 is 1.48 bits per heavy atom. The van der Waals surface area contributed by atoms with Crippen molar-refractivity contribution in [3.05, 3.63) is 84.2 Å². The van der Waals surface area contributed by atoms with Crippen molar-refractivity contribution in [2.45, 2.75) is 6.42 Å². The second-order valence-electron chi connectivity index (χ2n) is 7.00. The molecule has 2 heterocycles. The lowest BCUT2D eigenvalue weighted by Gasteiger charge is -2.06. The quantitative estimate of drug-likeness (QED) is 0.308. The summed E-state index contributed by atoms with van der Waals surface area (Å²) in [4.78, 5) is 31.6. The van der Waals surface area contributed by atoms with Gasteiger partial charge in [0.05, 0.1) is 32.0 Å². The maximum absolute atomic E-state index is 12.7. The first-order valence-corrected chi connectivity index (χ1v) is 9.82. The van der Waals surface area contributed by atoms with Crippen LogP contribution in [0, 0.1) is 0 Å². The molecule has 0 aliphatic heterocycles. The molecule has 0 spiro atoms. The van der Waals surface area contributed by atoms with Gasteiger partial charge in [-0.1, -0.05) is 24.3 Å². The molecule has 0 radical (unpaired) electrons. The highest BCUT2D eigenvalue weighted by atomic mass is 16.5. The number of aromatic nitrogens is 2. The number of hydrogen-bond acceptors (Lipinski definition) is 4. The predicted molar refractivity (Wildman–Crippen MR) is 119 cm³/mol. The number of aromatic amines is 2. The van der Waals surface area contributed by atoms with Gasteiger partial charge in [0.1, 0.15) is 11.5 Å². The van der Waals surface area contributed by atoms with E-state index in [2.05, 4.69) is 9.97 Å². The number of ether oxygens (including phenoxy) is 2. The third-order valence-electron chi connectivity index (χ3n) is 5.09. The minimum atomic E-state index is -0.278. The first-order chi connectivity index (χ1) is 15.1. The molecule has 0 bridgehead atoms. The van der Waals surface area contributed by atoms with Gasteiger partial charge in [0.25, 0.3) is 0 Å². The Balaban J connectivity index is 1.49. The molecule has 0 aliphatic carbocycles. The second kappa shape index (κ2) is 8.75. The Kier molecular flexibility index (Phi) is 5.71. The molecule has 2 aromatic carbocycles. The summed E-state index contributed by atoms with van der Waals surface area (Å²) < 4.78 is 10.8. The van der Waals surface area contributed by atoms with E-state index in [4.69, 9.17) is 9.47 Å². The monoisotopic (exact) mass is 414 g/mol. The fourth-order valence-corrected chi connectivity index (χ4v) is 3.50. The SMILES string of the molecule is COc1ccccc1-c1ccc(C(=O)CC(=O)c2ccc(-c3ccccc3OC)[nH]2)[nH]1. The van der Waals surface area contributed by atoms with Gasteiger partial charge in [-0.15, -0.1) is 0 Å². The number of nitrogens with one attached hydrogen (secondary N) is 2. The molecule has 0 unspecified atom stereocenters. The summed E-state index contributed by atoms with van der Waals surface area (Å²) in [7, 11) is 3.20. The zero-order chi connectivity index (χ0) is 21.8. The number of H-pyrrole nitrogens is 2. The topological polar surface area (TPSA) is 84.2 Å². The van der Waals surface area contributed by atoms with Crippen molar-refractivity contribution in [1.82, 2.24) is 9.97 Å².